The zero-order valence-corrected chi connectivity index (χ0v) is 10.7. The van der Waals surface area contributed by atoms with Crippen molar-refractivity contribution in [1.82, 2.24) is 4.98 Å². The van der Waals surface area contributed by atoms with Crippen molar-refractivity contribution >= 4 is 16.5 Å². The number of thiazole rings is 1. The van der Waals surface area contributed by atoms with Gasteiger partial charge in [0.25, 0.3) is 0 Å². The molecule has 2 N–H and O–H groups in total. The van der Waals surface area contributed by atoms with Gasteiger partial charge in [0, 0.05) is 24.5 Å². The summed E-state index contributed by atoms with van der Waals surface area (Å²) in [5.74, 6) is 0. The molecule has 0 saturated heterocycles. The van der Waals surface area contributed by atoms with Gasteiger partial charge >= 0.3 is 0 Å². The average molecular weight is 227 g/mol. The van der Waals surface area contributed by atoms with Crippen LogP contribution in [0.2, 0.25) is 0 Å². The largest absolute Gasteiger partial charge is 0.348 e. The predicted octanol–water partition coefficient (Wildman–Crippen LogP) is 2.40. The van der Waals surface area contributed by atoms with E-state index in [0.717, 1.165) is 31.1 Å². The van der Waals surface area contributed by atoms with Crippen molar-refractivity contribution in [3.63, 3.8) is 0 Å². The normalized spacial score (nSPS) is 10.7. The molecule has 0 bridgehead atoms. The summed E-state index contributed by atoms with van der Waals surface area (Å²) in [5, 5.41) is 1.14. The summed E-state index contributed by atoms with van der Waals surface area (Å²) >= 11 is 1.75. The second-order valence-electron chi connectivity index (χ2n) is 3.50. The summed E-state index contributed by atoms with van der Waals surface area (Å²) in [4.78, 5) is 8.21. The van der Waals surface area contributed by atoms with E-state index in [1.807, 2.05) is 0 Å². The van der Waals surface area contributed by atoms with Gasteiger partial charge in [-0.1, -0.05) is 13.8 Å². The second-order valence-corrected chi connectivity index (χ2v) is 4.57. The van der Waals surface area contributed by atoms with Gasteiger partial charge in [-0.15, -0.1) is 11.3 Å². The standard InChI is InChI=1S/C11H21N3S/c1-4-7-14(6-3)11-13-9(5-2)10(8-12)15-11/h4-8,12H2,1-3H3. The monoisotopic (exact) mass is 227 g/mol. The summed E-state index contributed by atoms with van der Waals surface area (Å²) in [7, 11) is 0. The second kappa shape index (κ2) is 6.08. The van der Waals surface area contributed by atoms with Gasteiger partial charge in [-0.3, -0.25) is 0 Å². The predicted molar refractivity (Wildman–Crippen MR) is 67.6 cm³/mol. The van der Waals surface area contributed by atoms with Crippen LogP contribution in [0.25, 0.3) is 0 Å². The van der Waals surface area contributed by atoms with E-state index in [1.165, 1.54) is 10.6 Å². The first kappa shape index (κ1) is 12.5. The number of aromatic nitrogens is 1. The molecule has 1 rings (SSSR count). The molecular weight excluding hydrogens is 206 g/mol. The highest BCUT2D eigenvalue weighted by Gasteiger charge is 2.12. The fourth-order valence-electron chi connectivity index (χ4n) is 1.60. The number of hydrogen-bond acceptors (Lipinski definition) is 4. The summed E-state index contributed by atoms with van der Waals surface area (Å²) < 4.78 is 0. The Morgan fingerprint density at radius 3 is 2.47 bits per heavy atom. The molecule has 0 aliphatic rings. The zero-order chi connectivity index (χ0) is 11.3. The van der Waals surface area contributed by atoms with Gasteiger partial charge in [-0.25, -0.2) is 4.98 Å². The molecule has 86 valence electrons. The number of nitrogens with two attached hydrogens (primary N) is 1. The third-order valence-corrected chi connectivity index (χ3v) is 3.61. The van der Waals surface area contributed by atoms with Crippen molar-refractivity contribution in [3.05, 3.63) is 10.6 Å². The van der Waals surface area contributed by atoms with Gasteiger partial charge in [-0.05, 0) is 19.8 Å². The highest BCUT2D eigenvalue weighted by molar-refractivity contribution is 7.15. The summed E-state index contributed by atoms with van der Waals surface area (Å²) in [6.07, 6.45) is 2.14. The highest BCUT2D eigenvalue weighted by atomic mass is 32.1. The van der Waals surface area contributed by atoms with E-state index in [0.29, 0.717) is 6.54 Å². The molecule has 15 heavy (non-hydrogen) atoms. The molecule has 0 saturated carbocycles. The number of nitrogens with zero attached hydrogens (tertiary/aromatic N) is 2. The quantitative estimate of drug-likeness (QED) is 0.811. The molecule has 0 amide bonds. The Kier molecular flexibility index (Phi) is 5.05. The van der Waals surface area contributed by atoms with Crippen LogP contribution in [0.4, 0.5) is 5.13 Å². The van der Waals surface area contributed by atoms with Gasteiger partial charge in [0.1, 0.15) is 0 Å². The minimum Gasteiger partial charge on any atom is -0.348 e. The molecule has 0 aliphatic heterocycles. The highest BCUT2D eigenvalue weighted by Crippen LogP contribution is 2.26. The smallest absolute Gasteiger partial charge is 0.185 e. The maximum absolute atomic E-state index is 5.71. The van der Waals surface area contributed by atoms with Crippen molar-refractivity contribution in [2.24, 2.45) is 5.73 Å². The third kappa shape index (κ3) is 2.92. The minimum atomic E-state index is 0.616. The maximum atomic E-state index is 5.71. The third-order valence-electron chi connectivity index (χ3n) is 2.43. The molecule has 4 heteroatoms. The van der Waals surface area contributed by atoms with E-state index in [9.17, 15) is 0 Å². The van der Waals surface area contributed by atoms with Crippen LogP contribution in [-0.2, 0) is 13.0 Å². The first-order valence-corrected chi connectivity index (χ1v) is 6.51. The van der Waals surface area contributed by atoms with Crippen molar-refractivity contribution in [2.45, 2.75) is 40.2 Å². The van der Waals surface area contributed by atoms with Crippen LogP contribution >= 0.6 is 11.3 Å². The summed E-state index contributed by atoms with van der Waals surface area (Å²) in [6, 6.07) is 0. The van der Waals surface area contributed by atoms with Crippen LogP contribution in [0.15, 0.2) is 0 Å². The van der Waals surface area contributed by atoms with Gasteiger partial charge in [0.05, 0.1) is 5.69 Å². The Labute approximate surface area is 96.3 Å². The van der Waals surface area contributed by atoms with Crippen molar-refractivity contribution in [2.75, 3.05) is 18.0 Å². The van der Waals surface area contributed by atoms with Crippen molar-refractivity contribution in [3.8, 4) is 0 Å². The van der Waals surface area contributed by atoms with Gasteiger partial charge in [-0.2, -0.15) is 0 Å². The molecule has 0 unspecified atom stereocenters. The summed E-state index contributed by atoms with van der Waals surface area (Å²) in [5.41, 5.74) is 6.88. The van der Waals surface area contributed by atoms with E-state index in [1.54, 1.807) is 11.3 Å². The Morgan fingerprint density at radius 2 is 2.07 bits per heavy atom. The van der Waals surface area contributed by atoms with Crippen LogP contribution in [0, 0.1) is 0 Å². The number of anilines is 1. The zero-order valence-electron chi connectivity index (χ0n) is 9.92. The van der Waals surface area contributed by atoms with Gasteiger partial charge in [0.15, 0.2) is 5.13 Å². The number of aryl methyl sites for hydroxylation is 1. The maximum Gasteiger partial charge on any atom is 0.185 e. The molecule has 1 aromatic heterocycles. The SMILES string of the molecule is CCCN(CC)c1nc(CC)c(CN)s1. The van der Waals surface area contributed by atoms with Gasteiger partial charge in [0.2, 0.25) is 0 Å². The number of hydrogen-bond donors (Lipinski definition) is 1. The van der Waals surface area contributed by atoms with E-state index in [4.69, 9.17) is 5.73 Å². The lowest BCUT2D eigenvalue weighted by atomic mass is 10.3. The van der Waals surface area contributed by atoms with Crippen molar-refractivity contribution in [1.29, 1.82) is 0 Å². The fraction of sp³-hybridized carbons (Fsp3) is 0.727. The molecular formula is C11H21N3S. The van der Waals surface area contributed by atoms with Crippen LogP contribution in [0.3, 0.4) is 0 Å². The molecule has 0 fully saturated rings. The topological polar surface area (TPSA) is 42.2 Å². The van der Waals surface area contributed by atoms with Crippen molar-refractivity contribution < 1.29 is 0 Å². The average Bonchev–Trinajstić information content (AvgIpc) is 2.68. The lowest BCUT2D eigenvalue weighted by Crippen LogP contribution is -2.23. The van der Waals surface area contributed by atoms with E-state index >= 15 is 0 Å². The molecule has 1 heterocycles. The van der Waals surface area contributed by atoms with E-state index < -0.39 is 0 Å². The Bertz CT molecular complexity index is 275. The first-order chi connectivity index (χ1) is 7.26. The Morgan fingerprint density at radius 1 is 1.33 bits per heavy atom. The summed E-state index contributed by atoms with van der Waals surface area (Å²) in [6.45, 7) is 9.22. The van der Waals surface area contributed by atoms with Crippen LogP contribution in [0.1, 0.15) is 37.8 Å². The molecule has 0 radical (unpaired) electrons. The Balaban J connectivity index is 2.87. The Hall–Kier alpha value is -0.610. The molecule has 1 aromatic rings. The lowest BCUT2D eigenvalue weighted by molar-refractivity contribution is 0.785. The fourth-order valence-corrected chi connectivity index (χ4v) is 2.72. The van der Waals surface area contributed by atoms with Crippen LogP contribution in [-0.4, -0.2) is 18.1 Å². The van der Waals surface area contributed by atoms with E-state index in [-0.39, 0.29) is 0 Å². The lowest BCUT2D eigenvalue weighted by Gasteiger charge is -2.18. The van der Waals surface area contributed by atoms with E-state index in [2.05, 4.69) is 30.7 Å². The van der Waals surface area contributed by atoms with Gasteiger partial charge < -0.3 is 10.6 Å². The molecule has 0 aliphatic carbocycles. The molecule has 0 atom stereocenters. The minimum absolute atomic E-state index is 0.616. The molecule has 0 spiro atoms. The van der Waals surface area contributed by atoms with Crippen LogP contribution in [0.5, 0.6) is 0 Å². The van der Waals surface area contributed by atoms with Crippen LogP contribution < -0.4 is 10.6 Å². The number of rotatable bonds is 6. The first-order valence-electron chi connectivity index (χ1n) is 5.70. The molecule has 0 aromatic carbocycles. The molecule has 3 nitrogen and oxygen atoms in total.